The number of ether oxygens (including phenoxy) is 2. The molecule has 0 bridgehead atoms. The van der Waals surface area contributed by atoms with Crippen molar-refractivity contribution in [2.75, 3.05) is 20.3 Å². The molecule has 1 rings (SSSR count). The molecule has 0 saturated carbocycles. The van der Waals surface area contributed by atoms with Crippen LogP contribution in [0.25, 0.3) is 0 Å². The van der Waals surface area contributed by atoms with Crippen molar-refractivity contribution in [1.82, 2.24) is 0 Å². The molecule has 0 atom stereocenters. The first-order valence-electron chi connectivity index (χ1n) is 4.73. The number of carbonyl (C=O) groups is 1. The molecule has 0 fully saturated rings. The highest BCUT2D eigenvalue weighted by Gasteiger charge is 2.16. The van der Waals surface area contributed by atoms with Gasteiger partial charge >= 0.3 is 0 Å². The lowest BCUT2D eigenvalue weighted by Crippen LogP contribution is -2.03. The molecule has 3 nitrogen and oxygen atoms in total. The summed E-state index contributed by atoms with van der Waals surface area (Å²) in [7, 11) is 1.54. The van der Waals surface area contributed by atoms with Crippen molar-refractivity contribution in [2.45, 2.75) is 6.42 Å². The third-order valence-electron chi connectivity index (χ3n) is 1.99. The minimum absolute atomic E-state index is 0.0219. The number of halogens is 2. The number of carbonyl (C=O) groups excluding carboxylic acids is 1. The molecule has 0 amide bonds. The summed E-state index contributed by atoms with van der Waals surface area (Å²) in [6, 6.07) is 0. The fourth-order valence-corrected chi connectivity index (χ4v) is 1.45. The molecular weight excluding hydrogens is 235 g/mol. The Hall–Kier alpha value is -1.13. The summed E-state index contributed by atoms with van der Waals surface area (Å²) in [5.41, 5.74) is -0.178. The van der Waals surface area contributed by atoms with Crippen LogP contribution in [-0.4, -0.2) is 26.6 Å². The minimum atomic E-state index is -0.648. The van der Waals surface area contributed by atoms with Gasteiger partial charge in [0, 0.05) is 13.5 Å². The predicted octanol–water partition coefficient (Wildman–Crippen LogP) is 2.48. The maximum Gasteiger partial charge on any atom is 0.154 e. The maximum atomic E-state index is 13.3. The number of rotatable bonds is 5. The second kappa shape index (κ2) is 6.45. The van der Waals surface area contributed by atoms with Gasteiger partial charge in [-0.1, -0.05) is 17.7 Å². The van der Waals surface area contributed by atoms with Crippen molar-refractivity contribution in [1.29, 1.82) is 0 Å². The van der Waals surface area contributed by atoms with E-state index in [0.717, 1.165) is 0 Å². The number of aldehydes is 1. The number of hydrogen-bond donors (Lipinski definition) is 0. The van der Waals surface area contributed by atoms with Crippen LogP contribution in [0.1, 0.15) is 6.42 Å². The fraction of sp³-hybridized carbons (Fsp3) is 0.364. The monoisotopic (exact) mass is 246 g/mol. The van der Waals surface area contributed by atoms with Crippen LogP contribution in [0.5, 0.6) is 0 Å². The fourth-order valence-electron chi connectivity index (χ4n) is 1.18. The van der Waals surface area contributed by atoms with Crippen LogP contribution in [0.3, 0.4) is 0 Å². The summed E-state index contributed by atoms with van der Waals surface area (Å²) in [4.78, 5) is 10.7. The molecule has 0 aromatic heterocycles. The maximum absolute atomic E-state index is 13.3. The lowest BCUT2D eigenvalue weighted by Gasteiger charge is -2.09. The molecule has 0 N–H and O–H groups in total. The van der Waals surface area contributed by atoms with Gasteiger partial charge in [-0.15, -0.1) is 0 Å². The highest BCUT2D eigenvalue weighted by Crippen LogP contribution is 2.28. The summed E-state index contributed by atoms with van der Waals surface area (Å²) in [6.45, 7) is 0.712. The average molecular weight is 247 g/mol. The van der Waals surface area contributed by atoms with E-state index in [-0.39, 0.29) is 10.6 Å². The molecule has 0 spiro atoms. The van der Waals surface area contributed by atoms with Crippen LogP contribution in [0, 0.1) is 0 Å². The number of methoxy groups -OCH3 is 1. The normalized spacial score (nSPS) is 16.4. The van der Waals surface area contributed by atoms with E-state index in [0.29, 0.717) is 31.7 Å². The second-order valence-electron chi connectivity index (χ2n) is 3.06. The van der Waals surface area contributed by atoms with Crippen molar-refractivity contribution in [3.63, 3.8) is 0 Å². The van der Waals surface area contributed by atoms with Crippen molar-refractivity contribution >= 4 is 17.9 Å². The molecule has 16 heavy (non-hydrogen) atoms. The van der Waals surface area contributed by atoms with Gasteiger partial charge in [0.15, 0.2) is 6.29 Å². The van der Waals surface area contributed by atoms with E-state index < -0.39 is 5.83 Å². The van der Waals surface area contributed by atoms with E-state index in [1.54, 1.807) is 13.2 Å². The van der Waals surface area contributed by atoms with E-state index in [2.05, 4.69) is 0 Å². The Balaban J connectivity index is 2.86. The van der Waals surface area contributed by atoms with Crippen LogP contribution < -0.4 is 0 Å². The van der Waals surface area contributed by atoms with Gasteiger partial charge in [0.25, 0.3) is 0 Å². The number of hydrogen-bond acceptors (Lipinski definition) is 3. The van der Waals surface area contributed by atoms with Crippen molar-refractivity contribution in [2.24, 2.45) is 0 Å². The van der Waals surface area contributed by atoms with Gasteiger partial charge in [-0.05, 0) is 6.08 Å². The molecule has 0 heterocycles. The van der Waals surface area contributed by atoms with E-state index in [1.165, 1.54) is 6.08 Å². The zero-order chi connectivity index (χ0) is 12.0. The topological polar surface area (TPSA) is 35.5 Å². The molecule has 1 aliphatic rings. The highest BCUT2D eigenvalue weighted by molar-refractivity contribution is 6.34. The number of allylic oxidation sites excluding steroid dienone is 5. The van der Waals surface area contributed by atoms with Gasteiger partial charge in [0.05, 0.1) is 17.2 Å². The molecule has 0 aromatic carbocycles. The molecule has 0 aromatic rings. The van der Waals surface area contributed by atoms with Gasteiger partial charge < -0.3 is 9.47 Å². The van der Waals surface area contributed by atoms with E-state index in [4.69, 9.17) is 21.1 Å². The zero-order valence-corrected chi connectivity index (χ0v) is 9.59. The first kappa shape index (κ1) is 12.9. The summed E-state index contributed by atoms with van der Waals surface area (Å²) < 4.78 is 23.4. The molecule has 0 unspecified atom stereocenters. The Morgan fingerprint density at radius 1 is 1.56 bits per heavy atom. The van der Waals surface area contributed by atoms with Gasteiger partial charge in [-0.25, -0.2) is 4.39 Å². The van der Waals surface area contributed by atoms with Crippen LogP contribution in [0.15, 0.2) is 34.3 Å². The van der Waals surface area contributed by atoms with Crippen LogP contribution in [0.4, 0.5) is 4.39 Å². The van der Waals surface area contributed by atoms with Crippen LogP contribution in [-0.2, 0) is 14.3 Å². The van der Waals surface area contributed by atoms with Gasteiger partial charge in [-0.3, -0.25) is 4.79 Å². The molecule has 0 aliphatic heterocycles. The van der Waals surface area contributed by atoms with Gasteiger partial charge in [0.1, 0.15) is 18.2 Å². The Labute approximate surface area is 98.2 Å². The lowest BCUT2D eigenvalue weighted by atomic mass is 10.2. The summed E-state index contributed by atoms with van der Waals surface area (Å²) >= 11 is 5.87. The summed E-state index contributed by atoms with van der Waals surface area (Å²) in [5.74, 6) is -0.268. The molecule has 1 aliphatic carbocycles. The first-order valence-corrected chi connectivity index (χ1v) is 5.10. The molecule has 5 heteroatoms. The van der Waals surface area contributed by atoms with Crippen molar-refractivity contribution in [3.05, 3.63) is 34.3 Å². The summed E-state index contributed by atoms with van der Waals surface area (Å²) in [5, 5.41) is 0.0219. The molecular formula is C11H12ClFO3. The Bertz CT molecular complexity index is 358. The Kier molecular flexibility index (Phi) is 5.22. The van der Waals surface area contributed by atoms with Crippen molar-refractivity contribution in [3.8, 4) is 0 Å². The van der Waals surface area contributed by atoms with E-state index in [9.17, 15) is 9.18 Å². The first-order chi connectivity index (χ1) is 7.70. The SMILES string of the molecule is COCCOC1=C(Cl)C(C=O)=C(F)C=CC1. The smallest absolute Gasteiger partial charge is 0.154 e. The standard InChI is InChI=1S/C11H12ClFO3/c1-15-5-6-16-10-4-2-3-9(13)8(7-14)11(10)12/h2-3,7H,4-6H2,1H3. The second-order valence-corrected chi connectivity index (χ2v) is 3.44. The van der Waals surface area contributed by atoms with E-state index >= 15 is 0 Å². The Morgan fingerprint density at radius 3 is 2.94 bits per heavy atom. The van der Waals surface area contributed by atoms with Gasteiger partial charge in [-0.2, -0.15) is 0 Å². The minimum Gasteiger partial charge on any atom is -0.494 e. The third kappa shape index (κ3) is 3.18. The van der Waals surface area contributed by atoms with Crippen LogP contribution >= 0.6 is 11.6 Å². The lowest BCUT2D eigenvalue weighted by molar-refractivity contribution is -0.104. The van der Waals surface area contributed by atoms with Crippen LogP contribution in [0.2, 0.25) is 0 Å². The predicted molar refractivity (Wildman–Crippen MR) is 58.7 cm³/mol. The zero-order valence-electron chi connectivity index (χ0n) is 8.83. The molecule has 0 saturated heterocycles. The average Bonchev–Trinajstić information content (AvgIpc) is 2.39. The van der Waals surface area contributed by atoms with Crippen molar-refractivity contribution < 1.29 is 18.7 Å². The van der Waals surface area contributed by atoms with E-state index in [1.807, 2.05) is 0 Å². The molecule has 0 radical (unpaired) electrons. The van der Waals surface area contributed by atoms with Gasteiger partial charge in [0.2, 0.25) is 0 Å². The summed E-state index contributed by atoms with van der Waals surface area (Å²) in [6.07, 6.45) is 3.50. The Morgan fingerprint density at radius 2 is 2.31 bits per heavy atom. The highest BCUT2D eigenvalue weighted by atomic mass is 35.5. The largest absolute Gasteiger partial charge is 0.494 e. The quantitative estimate of drug-likeness (QED) is 0.552. The third-order valence-corrected chi connectivity index (χ3v) is 2.40. The molecule has 88 valence electrons.